The Hall–Kier alpha value is -1.02. The van der Waals surface area contributed by atoms with Gasteiger partial charge in [-0.15, -0.1) is 0 Å². The normalized spacial score (nSPS) is 31.9. The molecule has 0 spiro atoms. The first-order valence-electron chi connectivity index (χ1n) is 8.59. The van der Waals surface area contributed by atoms with Crippen LogP contribution in [-0.2, 0) is 0 Å². The van der Waals surface area contributed by atoms with Gasteiger partial charge in [0.15, 0.2) is 0 Å². The third-order valence-corrected chi connectivity index (χ3v) is 5.15. The van der Waals surface area contributed by atoms with Crippen LogP contribution in [0, 0.1) is 5.92 Å². The molecular weight excluding hydrogens is 258 g/mol. The van der Waals surface area contributed by atoms with Crippen LogP contribution in [-0.4, -0.2) is 11.6 Å². The molecule has 116 valence electrons. The molecule has 1 aromatic rings. The number of ether oxygens (including phenoxy) is 1. The fourth-order valence-electron chi connectivity index (χ4n) is 3.95. The van der Waals surface area contributed by atoms with Crippen LogP contribution in [0.4, 0.5) is 0 Å². The third-order valence-electron chi connectivity index (χ3n) is 5.15. The van der Waals surface area contributed by atoms with E-state index >= 15 is 0 Å². The van der Waals surface area contributed by atoms with Gasteiger partial charge in [0, 0.05) is 24.1 Å². The van der Waals surface area contributed by atoms with Crippen molar-refractivity contribution in [3.63, 3.8) is 0 Å². The van der Waals surface area contributed by atoms with Crippen molar-refractivity contribution >= 4 is 0 Å². The van der Waals surface area contributed by atoms with Gasteiger partial charge >= 0.3 is 0 Å². The third kappa shape index (κ3) is 3.42. The molecule has 0 aromatic heterocycles. The van der Waals surface area contributed by atoms with Crippen molar-refractivity contribution in [3.8, 4) is 5.75 Å². The van der Waals surface area contributed by atoms with Gasteiger partial charge in [-0.2, -0.15) is 0 Å². The first-order valence-corrected chi connectivity index (χ1v) is 8.59. The zero-order valence-corrected chi connectivity index (χ0v) is 13.7. The minimum Gasteiger partial charge on any atom is -0.487 e. The summed E-state index contributed by atoms with van der Waals surface area (Å²) in [5.74, 6) is 1.85. The number of nitrogens with one attached hydrogen (secondary N) is 1. The fourth-order valence-corrected chi connectivity index (χ4v) is 3.95. The second kappa shape index (κ2) is 6.00. The Morgan fingerprint density at radius 3 is 2.71 bits per heavy atom. The average molecular weight is 287 g/mol. The Morgan fingerprint density at radius 1 is 1.10 bits per heavy atom. The molecule has 2 heteroatoms. The molecule has 0 saturated heterocycles. The number of hydrogen-bond donors (Lipinski definition) is 1. The maximum atomic E-state index is 6.15. The number of rotatable bonds is 2. The molecule has 21 heavy (non-hydrogen) atoms. The van der Waals surface area contributed by atoms with Crippen LogP contribution < -0.4 is 10.1 Å². The molecule has 1 heterocycles. The lowest BCUT2D eigenvalue weighted by molar-refractivity contribution is 0.0615. The molecule has 1 N–H and O–H groups in total. The van der Waals surface area contributed by atoms with Gasteiger partial charge in [-0.1, -0.05) is 44.4 Å². The highest BCUT2D eigenvalue weighted by Gasteiger charge is 2.35. The molecule has 1 aliphatic carbocycles. The van der Waals surface area contributed by atoms with Crippen molar-refractivity contribution in [3.05, 3.63) is 29.8 Å². The number of fused-ring (bicyclic) bond motifs is 1. The van der Waals surface area contributed by atoms with Crippen LogP contribution in [0.3, 0.4) is 0 Å². The summed E-state index contributed by atoms with van der Waals surface area (Å²) in [4.78, 5) is 0. The maximum absolute atomic E-state index is 6.15. The second-order valence-electron chi connectivity index (χ2n) is 7.54. The first-order chi connectivity index (χ1) is 10.1. The van der Waals surface area contributed by atoms with Crippen molar-refractivity contribution in [1.29, 1.82) is 0 Å². The summed E-state index contributed by atoms with van der Waals surface area (Å²) in [6.07, 6.45) is 7.91. The van der Waals surface area contributed by atoms with E-state index in [9.17, 15) is 0 Å². The van der Waals surface area contributed by atoms with Crippen LogP contribution in [0.15, 0.2) is 24.3 Å². The van der Waals surface area contributed by atoms with Crippen LogP contribution >= 0.6 is 0 Å². The van der Waals surface area contributed by atoms with E-state index in [1.165, 1.54) is 37.7 Å². The van der Waals surface area contributed by atoms with Gasteiger partial charge in [-0.25, -0.2) is 0 Å². The van der Waals surface area contributed by atoms with Crippen LogP contribution in [0.25, 0.3) is 0 Å². The quantitative estimate of drug-likeness (QED) is 0.785. The SMILES string of the molecule is CC1CCCCCC1NC1CC(C)(C)Oc2ccccc21. The largest absolute Gasteiger partial charge is 0.487 e. The van der Waals surface area contributed by atoms with E-state index in [1.54, 1.807) is 0 Å². The molecule has 3 unspecified atom stereocenters. The van der Waals surface area contributed by atoms with Crippen molar-refractivity contribution < 1.29 is 4.74 Å². The lowest BCUT2D eigenvalue weighted by atomic mass is 9.87. The highest BCUT2D eigenvalue weighted by atomic mass is 16.5. The zero-order valence-electron chi connectivity index (χ0n) is 13.7. The van der Waals surface area contributed by atoms with Crippen LogP contribution in [0.2, 0.25) is 0 Å². The van der Waals surface area contributed by atoms with Crippen molar-refractivity contribution in [1.82, 2.24) is 5.32 Å². The van der Waals surface area contributed by atoms with Gasteiger partial charge < -0.3 is 10.1 Å². The summed E-state index contributed by atoms with van der Waals surface area (Å²) >= 11 is 0. The summed E-state index contributed by atoms with van der Waals surface area (Å²) in [6, 6.07) is 9.62. The minimum absolute atomic E-state index is 0.0833. The molecule has 2 aliphatic rings. The highest BCUT2D eigenvalue weighted by molar-refractivity contribution is 5.38. The van der Waals surface area contributed by atoms with Crippen LogP contribution in [0.5, 0.6) is 5.75 Å². The van der Waals surface area contributed by atoms with Gasteiger partial charge in [0.1, 0.15) is 11.4 Å². The van der Waals surface area contributed by atoms with Gasteiger partial charge in [-0.3, -0.25) is 0 Å². The van der Waals surface area contributed by atoms with E-state index in [2.05, 4.69) is 50.4 Å². The molecule has 1 aromatic carbocycles. The van der Waals surface area contributed by atoms with Crippen molar-refractivity contribution in [2.75, 3.05) is 0 Å². The summed E-state index contributed by atoms with van der Waals surface area (Å²) < 4.78 is 6.15. The van der Waals surface area contributed by atoms with E-state index in [-0.39, 0.29) is 5.60 Å². The monoisotopic (exact) mass is 287 g/mol. The fraction of sp³-hybridized carbons (Fsp3) is 0.684. The molecule has 1 fully saturated rings. The van der Waals surface area contributed by atoms with Crippen molar-refractivity contribution in [2.24, 2.45) is 5.92 Å². The molecule has 0 radical (unpaired) electrons. The minimum atomic E-state index is -0.0833. The zero-order chi connectivity index (χ0) is 14.9. The van der Waals surface area contributed by atoms with E-state index in [1.807, 2.05) is 0 Å². The molecule has 0 bridgehead atoms. The Kier molecular flexibility index (Phi) is 4.26. The second-order valence-corrected chi connectivity index (χ2v) is 7.54. The van der Waals surface area contributed by atoms with Gasteiger partial charge in [0.25, 0.3) is 0 Å². The Balaban J connectivity index is 1.80. The van der Waals surface area contributed by atoms with E-state index in [0.29, 0.717) is 12.1 Å². The van der Waals surface area contributed by atoms with Crippen LogP contribution in [0.1, 0.15) is 70.9 Å². The molecule has 2 nitrogen and oxygen atoms in total. The Labute approximate surface area is 129 Å². The van der Waals surface area contributed by atoms with Gasteiger partial charge in [-0.05, 0) is 38.7 Å². The summed E-state index contributed by atoms with van der Waals surface area (Å²) in [6.45, 7) is 6.82. The predicted octanol–water partition coefficient (Wildman–Crippen LogP) is 4.85. The maximum Gasteiger partial charge on any atom is 0.124 e. The first kappa shape index (κ1) is 14.9. The summed E-state index contributed by atoms with van der Waals surface area (Å²) in [5.41, 5.74) is 1.26. The lowest BCUT2D eigenvalue weighted by Crippen LogP contribution is -2.44. The number of benzene rings is 1. The predicted molar refractivity (Wildman–Crippen MR) is 87.7 cm³/mol. The Morgan fingerprint density at radius 2 is 1.86 bits per heavy atom. The smallest absolute Gasteiger partial charge is 0.124 e. The number of para-hydroxylation sites is 1. The summed E-state index contributed by atoms with van der Waals surface area (Å²) in [5, 5.41) is 3.98. The molecule has 1 saturated carbocycles. The molecule has 3 rings (SSSR count). The topological polar surface area (TPSA) is 21.3 Å². The average Bonchev–Trinajstić information content (AvgIpc) is 2.63. The van der Waals surface area contributed by atoms with E-state index in [4.69, 9.17) is 4.74 Å². The number of hydrogen-bond acceptors (Lipinski definition) is 2. The molecule has 1 aliphatic heterocycles. The summed E-state index contributed by atoms with van der Waals surface area (Å²) in [7, 11) is 0. The van der Waals surface area contributed by atoms with E-state index in [0.717, 1.165) is 18.1 Å². The lowest BCUT2D eigenvalue weighted by Gasteiger charge is -2.40. The Bertz CT molecular complexity index is 482. The van der Waals surface area contributed by atoms with Gasteiger partial charge in [0.2, 0.25) is 0 Å². The molecular formula is C19H29NO. The van der Waals surface area contributed by atoms with E-state index < -0.39 is 0 Å². The highest BCUT2D eigenvalue weighted by Crippen LogP contribution is 2.40. The van der Waals surface area contributed by atoms with Crippen molar-refractivity contribution in [2.45, 2.75) is 77.0 Å². The molecule has 3 atom stereocenters. The standard InChI is InChI=1S/C19H29NO/c1-14-9-5-4-6-11-16(14)20-17-13-19(2,3)21-18-12-8-7-10-15(17)18/h7-8,10,12,14,16-17,20H,4-6,9,11,13H2,1-3H3. The molecule has 0 amide bonds. The van der Waals surface area contributed by atoms with Gasteiger partial charge in [0.05, 0.1) is 0 Å².